The first-order valence-electron chi connectivity index (χ1n) is 5.18. The van der Waals surface area contributed by atoms with E-state index >= 15 is 0 Å². The first-order chi connectivity index (χ1) is 7.31. The van der Waals surface area contributed by atoms with Crippen LogP contribution in [0.4, 0.5) is 4.79 Å². The lowest BCUT2D eigenvalue weighted by Crippen LogP contribution is -2.51. The quantitative estimate of drug-likeness (QED) is 0.628. The first-order valence-corrected chi connectivity index (χ1v) is 5.18. The van der Waals surface area contributed by atoms with Crippen LogP contribution in [-0.2, 0) is 4.79 Å². The number of nitrogens with one attached hydrogen (secondary N) is 1. The Morgan fingerprint density at radius 2 is 1.81 bits per heavy atom. The number of aliphatic carboxylic acids is 1. The van der Waals surface area contributed by atoms with Crippen molar-refractivity contribution in [2.24, 2.45) is 5.92 Å². The topological polar surface area (TPSA) is 89.9 Å². The second-order valence-corrected chi connectivity index (χ2v) is 4.15. The van der Waals surface area contributed by atoms with Gasteiger partial charge in [-0.1, -0.05) is 13.8 Å². The largest absolute Gasteiger partial charge is 0.480 e. The minimum atomic E-state index is -1.06. The van der Waals surface area contributed by atoms with E-state index in [-0.39, 0.29) is 18.6 Å². The molecule has 0 radical (unpaired) electrons. The summed E-state index contributed by atoms with van der Waals surface area (Å²) < 4.78 is 0. The van der Waals surface area contributed by atoms with Gasteiger partial charge in [0.25, 0.3) is 0 Å². The molecule has 3 N–H and O–H groups in total. The molecule has 0 saturated carbocycles. The van der Waals surface area contributed by atoms with E-state index in [1.165, 1.54) is 11.9 Å². The Balaban J connectivity index is 4.46. The summed E-state index contributed by atoms with van der Waals surface area (Å²) >= 11 is 0. The van der Waals surface area contributed by atoms with Crippen molar-refractivity contribution in [3.05, 3.63) is 0 Å². The fraction of sp³-hybridized carbons (Fsp3) is 0.800. The maximum atomic E-state index is 11.6. The fourth-order valence-electron chi connectivity index (χ4n) is 1.07. The number of aliphatic hydroxyl groups is 1. The van der Waals surface area contributed by atoms with Crippen LogP contribution in [0.15, 0.2) is 0 Å². The van der Waals surface area contributed by atoms with Crippen molar-refractivity contribution in [1.82, 2.24) is 10.2 Å². The predicted molar refractivity (Wildman–Crippen MR) is 59.1 cm³/mol. The number of aliphatic hydroxyl groups excluding tert-OH is 1. The Labute approximate surface area is 95.2 Å². The van der Waals surface area contributed by atoms with Gasteiger partial charge >= 0.3 is 12.0 Å². The number of urea groups is 1. The molecule has 0 aromatic heterocycles. The molecule has 6 heteroatoms. The molecule has 0 aromatic carbocycles. The summed E-state index contributed by atoms with van der Waals surface area (Å²) in [6.07, 6.45) is 0. The standard InChI is InChI=1S/C10H20N2O4/c1-6(2)8(9(14)15)11-10(16)12(4)7(3)5-13/h6-8,13H,5H2,1-4H3,(H,11,16)(H,14,15)/t7?,8-/m0/s1. The molecule has 0 saturated heterocycles. The van der Waals surface area contributed by atoms with Gasteiger partial charge in [-0.3, -0.25) is 0 Å². The van der Waals surface area contributed by atoms with E-state index in [1.807, 2.05) is 0 Å². The van der Waals surface area contributed by atoms with Crippen molar-refractivity contribution < 1.29 is 19.8 Å². The number of carboxylic acid groups (broad SMARTS) is 1. The molecule has 0 aliphatic rings. The third-order valence-corrected chi connectivity index (χ3v) is 2.46. The number of hydrogen-bond donors (Lipinski definition) is 3. The predicted octanol–water partition coefficient (Wildman–Crippen LogP) is 0.118. The SMILES string of the molecule is CC(C)[C@H](NC(=O)N(C)C(C)CO)C(=O)O. The monoisotopic (exact) mass is 232 g/mol. The van der Waals surface area contributed by atoms with Crippen LogP contribution in [0.2, 0.25) is 0 Å². The molecule has 0 heterocycles. The van der Waals surface area contributed by atoms with E-state index in [0.717, 1.165) is 0 Å². The van der Waals surface area contributed by atoms with Gasteiger partial charge in [-0.05, 0) is 12.8 Å². The molecule has 0 aliphatic carbocycles. The van der Waals surface area contributed by atoms with E-state index in [1.54, 1.807) is 20.8 Å². The molecule has 2 amide bonds. The lowest BCUT2D eigenvalue weighted by atomic mass is 10.1. The average molecular weight is 232 g/mol. The lowest BCUT2D eigenvalue weighted by Gasteiger charge is -2.26. The molecule has 0 aromatic rings. The Morgan fingerprint density at radius 3 is 2.12 bits per heavy atom. The van der Waals surface area contributed by atoms with Gasteiger partial charge < -0.3 is 20.4 Å². The molecule has 0 bridgehead atoms. The molecule has 0 aliphatic heterocycles. The van der Waals surface area contributed by atoms with Gasteiger partial charge in [0.15, 0.2) is 0 Å². The summed E-state index contributed by atoms with van der Waals surface area (Å²) in [6.45, 7) is 4.94. The van der Waals surface area contributed by atoms with Crippen LogP contribution in [0.3, 0.4) is 0 Å². The second-order valence-electron chi connectivity index (χ2n) is 4.15. The van der Waals surface area contributed by atoms with E-state index < -0.39 is 18.0 Å². The Morgan fingerprint density at radius 1 is 1.31 bits per heavy atom. The van der Waals surface area contributed by atoms with Crippen LogP contribution in [0.5, 0.6) is 0 Å². The second kappa shape index (κ2) is 6.32. The zero-order valence-electron chi connectivity index (χ0n) is 10.1. The number of amides is 2. The molecular weight excluding hydrogens is 212 g/mol. The van der Waals surface area contributed by atoms with Gasteiger partial charge in [-0.15, -0.1) is 0 Å². The minimum Gasteiger partial charge on any atom is -0.480 e. The highest BCUT2D eigenvalue weighted by atomic mass is 16.4. The van der Waals surface area contributed by atoms with Crippen LogP contribution < -0.4 is 5.32 Å². The van der Waals surface area contributed by atoms with E-state index in [2.05, 4.69) is 5.32 Å². The third-order valence-electron chi connectivity index (χ3n) is 2.46. The maximum Gasteiger partial charge on any atom is 0.326 e. The molecule has 0 rings (SSSR count). The van der Waals surface area contributed by atoms with Gasteiger partial charge in [0, 0.05) is 7.05 Å². The number of nitrogens with zero attached hydrogens (tertiary/aromatic N) is 1. The highest BCUT2D eigenvalue weighted by Crippen LogP contribution is 2.03. The molecule has 16 heavy (non-hydrogen) atoms. The van der Waals surface area contributed by atoms with Crippen molar-refractivity contribution >= 4 is 12.0 Å². The van der Waals surface area contributed by atoms with Gasteiger partial charge in [-0.2, -0.15) is 0 Å². The fourth-order valence-corrected chi connectivity index (χ4v) is 1.07. The smallest absolute Gasteiger partial charge is 0.326 e. The van der Waals surface area contributed by atoms with Crippen LogP contribution in [-0.4, -0.2) is 52.9 Å². The summed E-state index contributed by atoms with van der Waals surface area (Å²) in [7, 11) is 1.51. The van der Waals surface area contributed by atoms with Crippen LogP contribution in [0, 0.1) is 5.92 Å². The van der Waals surface area contributed by atoms with Crippen molar-refractivity contribution in [3.8, 4) is 0 Å². The summed E-state index contributed by atoms with van der Waals surface area (Å²) in [5.41, 5.74) is 0. The molecule has 2 atom stereocenters. The molecule has 94 valence electrons. The zero-order valence-corrected chi connectivity index (χ0v) is 10.1. The molecule has 0 fully saturated rings. The number of carbonyl (C=O) groups excluding carboxylic acids is 1. The summed E-state index contributed by atoms with van der Waals surface area (Å²) in [4.78, 5) is 23.7. The van der Waals surface area contributed by atoms with Gasteiger partial charge in [0.05, 0.1) is 12.6 Å². The molecule has 0 spiro atoms. The number of carbonyl (C=O) groups is 2. The lowest BCUT2D eigenvalue weighted by molar-refractivity contribution is -0.140. The van der Waals surface area contributed by atoms with Gasteiger partial charge in [-0.25, -0.2) is 9.59 Å². The van der Waals surface area contributed by atoms with Gasteiger partial charge in [0.2, 0.25) is 0 Å². The van der Waals surface area contributed by atoms with E-state index in [0.29, 0.717) is 0 Å². The summed E-state index contributed by atoms with van der Waals surface area (Å²) in [6, 6.07) is -1.76. The third kappa shape index (κ3) is 4.06. The summed E-state index contributed by atoms with van der Waals surface area (Å²) in [5, 5.41) is 20.2. The average Bonchev–Trinajstić information content (AvgIpc) is 2.22. The van der Waals surface area contributed by atoms with Crippen LogP contribution >= 0.6 is 0 Å². The highest BCUT2D eigenvalue weighted by molar-refractivity contribution is 5.82. The molecule has 1 unspecified atom stereocenters. The Bertz CT molecular complexity index is 255. The van der Waals surface area contributed by atoms with Crippen molar-refractivity contribution in [1.29, 1.82) is 0 Å². The number of likely N-dealkylation sites (N-methyl/N-ethyl adjacent to an activating group) is 1. The molecular formula is C10H20N2O4. The Kier molecular flexibility index (Phi) is 5.81. The number of hydrogen-bond acceptors (Lipinski definition) is 3. The number of rotatable bonds is 5. The van der Waals surface area contributed by atoms with E-state index in [4.69, 9.17) is 10.2 Å². The van der Waals surface area contributed by atoms with Crippen molar-refractivity contribution in [2.75, 3.05) is 13.7 Å². The molecule has 6 nitrogen and oxygen atoms in total. The normalized spacial score (nSPS) is 14.4. The van der Waals surface area contributed by atoms with Crippen molar-refractivity contribution in [2.45, 2.75) is 32.9 Å². The highest BCUT2D eigenvalue weighted by Gasteiger charge is 2.25. The maximum absolute atomic E-state index is 11.6. The Hall–Kier alpha value is -1.30. The van der Waals surface area contributed by atoms with E-state index in [9.17, 15) is 9.59 Å². The van der Waals surface area contributed by atoms with Crippen LogP contribution in [0.1, 0.15) is 20.8 Å². The zero-order chi connectivity index (χ0) is 12.9. The summed E-state index contributed by atoms with van der Waals surface area (Å²) in [5.74, 6) is -1.26. The van der Waals surface area contributed by atoms with Gasteiger partial charge in [0.1, 0.15) is 6.04 Å². The first kappa shape index (κ1) is 14.7. The van der Waals surface area contributed by atoms with Crippen LogP contribution in [0.25, 0.3) is 0 Å². The number of carboxylic acids is 1. The minimum absolute atomic E-state index is 0.163. The van der Waals surface area contributed by atoms with Crippen molar-refractivity contribution in [3.63, 3.8) is 0 Å².